The van der Waals surface area contributed by atoms with Crippen molar-refractivity contribution in [3.63, 3.8) is 0 Å². The summed E-state index contributed by atoms with van der Waals surface area (Å²) in [6.07, 6.45) is 0. The predicted molar refractivity (Wildman–Crippen MR) is 84.4 cm³/mol. The van der Waals surface area contributed by atoms with Gasteiger partial charge in [0.15, 0.2) is 10.9 Å². The molecular formula is C14H15N3O3S2. The van der Waals surface area contributed by atoms with Gasteiger partial charge in [0.05, 0.1) is 10.6 Å². The van der Waals surface area contributed by atoms with Crippen LogP contribution < -0.4 is 5.14 Å². The lowest BCUT2D eigenvalue weighted by molar-refractivity contribution is 0.102. The number of nitrogens with zero attached hydrogens (tertiary/aromatic N) is 2. The molecule has 0 saturated carbocycles. The van der Waals surface area contributed by atoms with E-state index in [1.54, 1.807) is 6.07 Å². The van der Waals surface area contributed by atoms with E-state index in [1.807, 2.05) is 19.9 Å². The lowest BCUT2D eigenvalue weighted by Crippen LogP contribution is -2.13. The maximum atomic E-state index is 12.2. The van der Waals surface area contributed by atoms with Crippen LogP contribution in [0.3, 0.4) is 0 Å². The Morgan fingerprint density at radius 3 is 2.41 bits per heavy atom. The number of aryl methyl sites for hydroxylation is 2. The molecule has 0 bridgehead atoms. The van der Waals surface area contributed by atoms with E-state index < -0.39 is 10.0 Å². The highest BCUT2D eigenvalue weighted by Crippen LogP contribution is 2.17. The average Bonchev–Trinajstić information content (AvgIpc) is 2.43. The number of hydrogen-bond donors (Lipinski definition) is 1. The number of thioether (sulfide) groups is 1. The lowest BCUT2D eigenvalue weighted by atomic mass is 10.1. The predicted octanol–water partition coefficient (Wildman–Crippen LogP) is 1.72. The summed E-state index contributed by atoms with van der Waals surface area (Å²) in [5.41, 5.74) is 1.96. The van der Waals surface area contributed by atoms with Crippen LogP contribution in [0.2, 0.25) is 0 Å². The molecule has 0 atom stereocenters. The number of primary sulfonamides is 1. The molecule has 6 nitrogen and oxygen atoms in total. The number of hydrogen-bond acceptors (Lipinski definition) is 6. The van der Waals surface area contributed by atoms with E-state index in [0.717, 1.165) is 11.4 Å². The van der Waals surface area contributed by atoms with Crippen molar-refractivity contribution in [1.29, 1.82) is 0 Å². The quantitative estimate of drug-likeness (QED) is 0.506. The first-order chi connectivity index (χ1) is 10.3. The molecule has 0 radical (unpaired) electrons. The van der Waals surface area contributed by atoms with Crippen molar-refractivity contribution in [2.45, 2.75) is 23.9 Å². The molecule has 0 spiro atoms. The molecule has 116 valence electrons. The molecule has 2 N–H and O–H groups in total. The van der Waals surface area contributed by atoms with Gasteiger partial charge >= 0.3 is 0 Å². The van der Waals surface area contributed by atoms with Gasteiger partial charge in [0.1, 0.15) is 0 Å². The Hall–Kier alpha value is -1.77. The van der Waals surface area contributed by atoms with Crippen molar-refractivity contribution < 1.29 is 13.2 Å². The second kappa shape index (κ2) is 6.55. The van der Waals surface area contributed by atoms with Gasteiger partial charge < -0.3 is 0 Å². The first-order valence-corrected chi connectivity index (χ1v) is 8.90. The first-order valence-electron chi connectivity index (χ1n) is 6.37. The van der Waals surface area contributed by atoms with E-state index in [0.29, 0.717) is 10.7 Å². The van der Waals surface area contributed by atoms with Gasteiger partial charge in [-0.25, -0.2) is 23.5 Å². The fraction of sp³-hybridized carbons (Fsp3) is 0.214. The normalized spacial score (nSPS) is 11.4. The Balaban J connectivity index is 2.13. The smallest absolute Gasteiger partial charge is 0.238 e. The number of sulfonamides is 1. The van der Waals surface area contributed by atoms with Crippen molar-refractivity contribution in [2.75, 3.05) is 5.75 Å². The minimum atomic E-state index is -3.82. The maximum Gasteiger partial charge on any atom is 0.238 e. The number of nitrogens with two attached hydrogens (primary N) is 1. The van der Waals surface area contributed by atoms with Crippen LogP contribution in [0.25, 0.3) is 0 Å². The van der Waals surface area contributed by atoms with Crippen LogP contribution >= 0.6 is 11.8 Å². The standard InChI is InChI=1S/C14H15N3O3S2/c1-9-6-10(2)17-14(16-9)21-8-13(18)11-4-3-5-12(7-11)22(15,19)20/h3-7H,8H2,1-2H3,(H2,15,19,20). The summed E-state index contributed by atoms with van der Waals surface area (Å²) >= 11 is 1.21. The lowest BCUT2D eigenvalue weighted by Gasteiger charge is -2.04. The minimum Gasteiger partial charge on any atom is -0.293 e. The summed E-state index contributed by atoms with van der Waals surface area (Å²) in [6, 6.07) is 7.53. The highest BCUT2D eigenvalue weighted by Gasteiger charge is 2.13. The Morgan fingerprint density at radius 1 is 1.18 bits per heavy atom. The van der Waals surface area contributed by atoms with E-state index in [2.05, 4.69) is 9.97 Å². The van der Waals surface area contributed by atoms with Crippen molar-refractivity contribution >= 4 is 27.6 Å². The number of carbonyl (C=O) groups excluding carboxylic acids is 1. The largest absolute Gasteiger partial charge is 0.293 e. The van der Waals surface area contributed by atoms with Gasteiger partial charge in [-0.3, -0.25) is 4.79 Å². The Kier molecular flexibility index (Phi) is 4.94. The van der Waals surface area contributed by atoms with Crippen molar-refractivity contribution in [2.24, 2.45) is 5.14 Å². The van der Waals surface area contributed by atoms with Crippen LogP contribution in [-0.2, 0) is 10.0 Å². The van der Waals surface area contributed by atoms with Gasteiger partial charge in [-0.1, -0.05) is 23.9 Å². The van der Waals surface area contributed by atoms with Gasteiger partial charge in [0.2, 0.25) is 10.0 Å². The summed E-state index contributed by atoms with van der Waals surface area (Å²) in [5.74, 6) is -0.0880. The first kappa shape index (κ1) is 16.6. The van der Waals surface area contributed by atoms with E-state index in [-0.39, 0.29) is 16.4 Å². The molecule has 0 unspecified atom stereocenters. The maximum absolute atomic E-state index is 12.2. The third-order valence-electron chi connectivity index (χ3n) is 2.78. The molecule has 1 aromatic carbocycles. The van der Waals surface area contributed by atoms with Crippen molar-refractivity contribution in [3.8, 4) is 0 Å². The average molecular weight is 337 g/mol. The molecule has 8 heteroatoms. The van der Waals surface area contributed by atoms with Gasteiger partial charge in [-0.2, -0.15) is 0 Å². The molecule has 22 heavy (non-hydrogen) atoms. The zero-order valence-corrected chi connectivity index (χ0v) is 13.7. The van der Waals surface area contributed by atoms with Gasteiger partial charge in [0, 0.05) is 17.0 Å². The van der Waals surface area contributed by atoms with Crippen LogP contribution in [-0.4, -0.2) is 29.9 Å². The number of ketones is 1. The van der Waals surface area contributed by atoms with Crippen LogP contribution in [0.1, 0.15) is 21.7 Å². The highest BCUT2D eigenvalue weighted by atomic mass is 32.2. The van der Waals surface area contributed by atoms with Gasteiger partial charge in [-0.05, 0) is 32.0 Å². The molecular weight excluding hydrogens is 322 g/mol. The Morgan fingerprint density at radius 2 is 1.82 bits per heavy atom. The van der Waals surface area contributed by atoms with Crippen LogP contribution in [0.15, 0.2) is 40.4 Å². The van der Waals surface area contributed by atoms with Crippen LogP contribution in [0.5, 0.6) is 0 Å². The highest BCUT2D eigenvalue weighted by molar-refractivity contribution is 7.99. The van der Waals surface area contributed by atoms with Crippen LogP contribution in [0, 0.1) is 13.8 Å². The third kappa shape index (κ3) is 4.36. The van der Waals surface area contributed by atoms with Crippen LogP contribution in [0.4, 0.5) is 0 Å². The number of aromatic nitrogens is 2. The molecule has 0 aliphatic heterocycles. The van der Waals surface area contributed by atoms with Gasteiger partial charge in [-0.15, -0.1) is 0 Å². The molecule has 1 heterocycles. The van der Waals surface area contributed by atoms with E-state index in [9.17, 15) is 13.2 Å². The Labute approximate surface area is 133 Å². The zero-order valence-electron chi connectivity index (χ0n) is 12.1. The zero-order chi connectivity index (χ0) is 16.3. The summed E-state index contributed by atoms with van der Waals surface area (Å²) < 4.78 is 22.6. The topological polar surface area (TPSA) is 103 Å². The fourth-order valence-electron chi connectivity index (χ4n) is 1.82. The molecule has 0 amide bonds. The fourth-order valence-corrected chi connectivity index (χ4v) is 3.22. The number of rotatable bonds is 5. The van der Waals surface area contributed by atoms with Crippen molar-refractivity contribution in [1.82, 2.24) is 9.97 Å². The van der Waals surface area contributed by atoms with E-state index in [1.165, 1.54) is 30.0 Å². The third-order valence-corrected chi connectivity index (χ3v) is 4.54. The molecule has 0 saturated heterocycles. The minimum absolute atomic E-state index is 0.0778. The van der Waals surface area contributed by atoms with E-state index in [4.69, 9.17) is 5.14 Å². The molecule has 0 aliphatic carbocycles. The second-order valence-corrected chi connectivity index (χ2v) is 7.22. The molecule has 1 aromatic heterocycles. The monoisotopic (exact) mass is 337 g/mol. The summed E-state index contributed by atoms with van der Waals surface area (Å²) in [5, 5.41) is 5.58. The van der Waals surface area contributed by atoms with Gasteiger partial charge in [0.25, 0.3) is 0 Å². The molecule has 0 fully saturated rings. The second-order valence-electron chi connectivity index (χ2n) is 4.72. The number of Topliss-reactive ketones (excluding diaryl/α,β-unsaturated/α-hetero) is 1. The molecule has 2 aromatic rings. The summed E-state index contributed by atoms with van der Waals surface area (Å²) in [4.78, 5) is 20.6. The number of benzene rings is 1. The molecule has 0 aliphatic rings. The van der Waals surface area contributed by atoms with Crippen molar-refractivity contribution in [3.05, 3.63) is 47.3 Å². The SMILES string of the molecule is Cc1cc(C)nc(SCC(=O)c2cccc(S(N)(=O)=O)c2)n1. The molecule has 2 rings (SSSR count). The van der Waals surface area contributed by atoms with E-state index >= 15 is 0 Å². The number of carbonyl (C=O) groups is 1. The Bertz CT molecular complexity index is 800. The summed E-state index contributed by atoms with van der Waals surface area (Å²) in [6.45, 7) is 3.71. The summed E-state index contributed by atoms with van der Waals surface area (Å²) in [7, 11) is -3.82.